The molecule has 2 aromatic rings. The summed E-state index contributed by atoms with van der Waals surface area (Å²) >= 11 is 0. The zero-order valence-corrected chi connectivity index (χ0v) is 7.78. The molecule has 0 saturated carbocycles. The summed E-state index contributed by atoms with van der Waals surface area (Å²) in [7, 11) is 0. The van der Waals surface area contributed by atoms with E-state index >= 15 is 0 Å². The molecule has 0 bridgehead atoms. The van der Waals surface area contributed by atoms with E-state index in [1.807, 2.05) is 26.2 Å². The normalized spacial score (nSPS) is 8.54. The van der Waals surface area contributed by atoms with Crippen molar-refractivity contribution in [1.29, 1.82) is 0 Å². The quantitative estimate of drug-likeness (QED) is 0.605. The second-order valence-corrected chi connectivity index (χ2v) is 2.43. The molecule has 0 unspecified atom stereocenters. The van der Waals surface area contributed by atoms with E-state index in [0.29, 0.717) is 0 Å². The Hall–Kier alpha value is -1.31. The maximum absolute atomic E-state index is 4.01. The largest absolute Gasteiger partial charge is 0.321 e. The van der Waals surface area contributed by atoms with Crippen LogP contribution in [0.2, 0.25) is 0 Å². The van der Waals surface area contributed by atoms with Gasteiger partial charge in [0.05, 0.1) is 11.7 Å². The van der Waals surface area contributed by atoms with Crippen molar-refractivity contribution >= 4 is 5.52 Å². The van der Waals surface area contributed by atoms with Crippen LogP contribution in [0, 0.1) is 6.92 Å². The van der Waals surface area contributed by atoms with Crippen molar-refractivity contribution in [3.05, 3.63) is 36.4 Å². The van der Waals surface area contributed by atoms with Crippen LogP contribution in [-0.4, -0.2) is 9.38 Å². The van der Waals surface area contributed by atoms with E-state index in [2.05, 4.69) is 28.6 Å². The summed E-state index contributed by atoms with van der Waals surface area (Å²) in [4.78, 5) is 4.01. The zero-order chi connectivity index (χ0) is 8.97. The molecule has 72 valence electrons. The van der Waals surface area contributed by atoms with Crippen LogP contribution in [0.3, 0.4) is 0 Å². The fourth-order valence-corrected chi connectivity index (χ4v) is 1.10. The van der Waals surface area contributed by atoms with E-state index in [1.54, 1.807) is 6.20 Å². The van der Waals surface area contributed by atoms with Crippen molar-refractivity contribution in [3.63, 3.8) is 0 Å². The smallest absolute Gasteiger partial charge is 0.0636 e. The molecule has 2 nitrogen and oxygen atoms in total. The molecule has 0 radical (unpaired) electrons. The van der Waals surface area contributed by atoms with Gasteiger partial charge in [0.1, 0.15) is 0 Å². The van der Waals surface area contributed by atoms with Crippen molar-refractivity contribution in [2.75, 3.05) is 0 Å². The van der Waals surface area contributed by atoms with E-state index in [1.165, 1.54) is 5.56 Å². The molecular formula is C11H18N2. The van der Waals surface area contributed by atoms with Gasteiger partial charge in [0.2, 0.25) is 0 Å². The van der Waals surface area contributed by atoms with E-state index in [9.17, 15) is 0 Å². The highest BCUT2D eigenvalue weighted by molar-refractivity contribution is 5.47. The highest BCUT2D eigenvalue weighted by Gasteiger charge is 1.91. The van der Waals surface area contributed by atoms with Crippen LogP contribution >= 0.6 is 0 Å². The number of aryl methyl sites for hydroxylation is 1. The lowest BCUT2D eigenvalue weighted by atomic mass is 10.4. The van der Waals surface area contributed by atoms with E-state index < -0.39 is 0 Å². The molecule has 0 aliphatic rings. The van der Waals surface area contributed by atoms with Gasteiger partial charge in [-0.25, -0.2) is 0 Å². The molecule has 0 saturated heterocycles. The summed E-state index contributed by atoms with van der Waals surface area (Å²) in [5.74, 6) is 0. The van der Waals surface area contributed by atoms with E-state index in [0.717, 1.165) is 5.52 Å². The molecule has 2 rings (SSSR count). The first-order chi connectivity index (χ1) is 5.86. The Morgan fingerprint density at radius 2 is 2.00 bits per heavy atom. The number of hydrogen-bond acceptors (Lipinski definition) is 1. The minimum Gasteiger partial charge on any atom is -0.321 e. The van der Waals surface area contributed by atoms with E-state index in [-0.39, 0.29) is 7.43 Å². The minimum atomic E-state index is 0. The number of nitrogens with zero attached hydrogens (tertiary/aromatic N) is 2. The molecule has 0 fully saturated rings. The lowest BCUT2D eigenvalue weighted by Crippen LogP contribution is -1.79. The van der Waals surface area contributed by atoms with Gasteiger partial charge < -0.3 is 4.40 Å². The van der Waals surface area contributed by atoms with Crippen LogP contribution in [0.15, 0.2) is 30.9 Å². The maximum atomic E-state index is 4.01. The molecule has 2 aromatic heterocycles. The zero-order valence-electron chi connectivity index (χ0n) is 7.78. The molecule has 0 spiro atoms. The first kappa shape index (κ1) is 11.7. The monoisotopic (exact) mass is 178 g/mol. The lowest BCUT2D eigenvalue weighted by molar-refractivity contribution is 1.13. The molecule has 0 amide bonds. The number of rotatable bonds is 0. The van der Waals surface area contributed by atoms with Crippen molar-refractivity contribution < 1.29 is 0 Å². The first-order valence-electron chi connectivity index (χ1n) is 4.24. The number of aromatic nitrogens is 2. The molecule has 0 atom stereocenters. The standard InChI is InChI=1S/C8H8N2.C2H6.CH4/c1-7-4-8-5-9-2-3-10(8)6-7;1-2;/h2-6H,1H3;1-2H3;1H4. The van der Waals surface area contributed by atoms with Crippen LogP contribution in [0.1, 0.15) is 26.8 Å². The molecule has 0 aliphatic heterocycles. The van der Waals surface area contributed by atoms with Crippen molar-refractivity contribution in [3.8, 4) is 0 Å². The van der Waals surface area contributed by atoms with Crippen LogP contribution in [0.25, 0.3) is 5.52 Å². The van der Waals surface area contributed by atoms with Gasteiger partial charge in [-0.05, 0) is 18.6 Å². The Morgan fingerprint density at radius 1 is 1.31 bits per heavy atom. The second kappa shape index (κ2) is 5.36. The Morgan fingerprint density at radius 3 is 2.62 bits per heavy atom. The number of hydrogen-bond donors (Lipinski definition) is 0. The predicted molar refractivity (Wildman–Crippen MR) is 58.0 cm³/mol. The van der Waals surface area contributed by atoms with Gasteiger partial charge in [-0.2, -0.15) is 0 Å². The van der Waals surface area contributed by atoms with E-state index in [4.69, 9.17) is 0 Å². The average Bonchev–Trinajstić information content (AvgIpc) is 2.48. The maximum Gasteiger partial charge on any atom is 0.0636 e. The van der Waals surface area contributed by atoms with Gasteiger partial charge in [0.15, 0.2) is 0 Å². The van der Waals surface area contributed by atoms with Gasteiger partial charge in [0.25, 0.3) is 0 Å². The first-order valence-corrected chi connectivity index (χ1v) is 4.24. The van der Waals surface area contributed by atoms with Gasteiger partial charge in [0, 0.05) is 18.6 Å². The van der Waals surface area contributed by atoms with Crippen LogP contribution in [0.5, 0.6) is 0 Å². The van der Waals surface area contributed by atoms with Gasteiger partial charge >= 0.3 is 0 Å². The molecule has 0 aromatic carbocycles. The highest BCUT2D eigenvalue weighted by atomic mass is 14.9. The van der Waals surface area contributed by atoms with Gasteiger partial charge in [-0.3, -0.25) is 4.98 Å². The van der Waals surface area contributed by atoms with Crippen molar-refractivity contribution in [2.24, 2.45) is 0 Å². The third kappa shape index (κ3) is 2.58. The van der Waals surface area contributed by atoms with Crippen LogP contribution < -0.4 is 0 Å². The highest BCUT2D eigenvalue weighted by Crippen LogP contribution is 2.05. The average molecular weight is 178 g/mol. The van der Waals surface area contributed by atoms with Crippen LogP contribution in [-0.2, 0) is 0 Å². The molecule has 0 N–H and O–H groups in total. The Labute approximate surface area is 80.2 Å². The molecule has 2 heterocycles. The van der Waals surface area contributed by atoms with Crippen LogP contribution in [0.4, 0.5) is 0 Å². The molecule has 0 aliphatic carbocycles. The summed E-state index contributed by atoms with van der Waals surface area (Å²) < 4.78 is 2.06. The summed E-state index contributed by atoms with van der Waals surface area (Å²) in [5, 5.41) is 0. The lowest BCUT2D eigenvalue weighted by Gasteiger charge is -1.88. The predicted octanol–water partition coefficient (Wildman–Crippen LogP) is 3.31. The van der Waals surface area contributed by atoms with Gasteiger partial charge in [-0.15, -0.1) is 0 Å². The summed E-state index contributed by atoms with van der Waals surface area (Å²) in [6, 6.07) is 2.10. The third-order valence-electron chi connectivity index (χ3n) is 1.54. The summed E-state index contributed by atoms with van der Waals surface area (Å²) in [6.07, 6.45) is 7.67. The fraction of sp³-hybridized carbons (Fsp3) is 0.364. The summed E-state index contributed by atoms with van der Waals surface area (Å²) in [6.45, 7) is 6.08. The second-order valence-electron chi connectivity index (χ2n) is 2.43. The fourth-order valence-electron chi connectivity index (χ4n) is 1.10. The molecule has 2 heteroatoms. The molecular weight excluding hydrogens is 160 g/mol. The summed E-state index contributed by atoms with van der Waals surface area (Å²) in [5.41, 5.74) is 2.42. The Kier molecular flexibility index (Phi) is 4.82. The SMILES string of the molecule is C.CC.Cc1cc2cnccn2c1. The Balaban J connectivity index is 0.000000451. The topological polar surface area (TPSA) is 17.3 Å². The van der Waals surface area contributed by atoms with Gasteiger partial charge in [-0.1, -0.05) is 21.3 Å². The van der Waals surface area contributed by atoms with Crippen molar-refractivity contribution in [2.45, 2.75) is 28.2 Å². The third-order valence-corrected chi connectivity index (χ3v) is 1.54. The number of fused-ring (bicyclic) bond motifs is 1. The molecule has 13 heavy (non-hydrogen) atoms. The van der Waals surface area contributed by atoms with Crippen molar-refractivity contribution in [1.82, 2.24) is 9.38 Å². The minimum absolute atomic E-state index is 0. The Bertz CT molecular complexity index is 317.